The Labute approximate surface area is 103 Å². The van der Waals surface area contributed by atoms with E-state index >= 15 is 0 Å². The van der Waals surface area contributed by atoms with Crippen molar-refractivity contribution in [1.82, 2.24) is 4.72 Å². The average Bonchev–Trinajstić information content (AvgIpc) is 2.26. The lowest BCUT2D eigenvalue weighted by Crippen LogP contribution is -2.51. The van der Waals surface area contributed by atoms with Crippen LogP contribution < -0.4 is 4.72 Å². The first-order valence-corrected chi connectivity index (χ1v) is 7.82. The maximum Gasteiger partial charge on any atom is 0.212 e. The van der Waals surface area contributed by atoms with Crippen molar-refractivity contribution in [3.8, 4) is 0 Å². The molecule has 0 radical (unpaired) electrons. The van der Waals surface area contributed by atoms with Gasteiger partial charge in [-0.15, -0.1) is 11.6 Å². The normalized spacial score (nSPS) is 13.0. The first-order valence-electron chi connectivity index (χ1n) is 5.63. The predicted octanol–water partition coefficient (Wildman–Crippen LogP) is 1.48. The maximum atomic E-state index is 11.7. The molecule has 0 saturated heterocycles. The topological polar surface area (TPSA) is 66.4 Å². The second kappa shape index (κ2) is 7.48. The number of aliphatic hydroxyl groups is 1. The van der Waals surface area contributed by atoms with Crippen molar-refractivity contribution in [1.29, 1.82) is 0 Å². The van der Waals surface area contributed by atoms with Crippen LogP contribution in [0.2, 0.25) is 0 Å². The van der Waals surface area contributed by atoms with E-state index < -0.39 is 15.6 Å². The molecule has 0 atom stereocenters. The summed E-state index contributed by atoms with van der Waals surface area (Å²) in [7, 11) is -3.32. The summed E-state index contributed by atoms with van der Waals surface area (Å²) in [6.07, 6.45) is 2.39. The Morgan fingerprint density at radius 1 is 1.25 bits per heavy atom. The van der Waals surface area contributed by atoms with Crippen molar-refractivity contribution in [2.75, 3.05) is 18.2 Å². The van der Waals surface area contributed by atoms with Gasteiger partial charge in [0.25, 0.3) is 0 Å². The molecule has 0 spiro atoms. The standard InChI is InChI=1S/C10H22ClNO3S/c1-3-10(4-2,9-13)12-16(14,15)8-6-5-7-11/h12-13H,3-9H2,1-2H3. The van der Waals surface area contributed by atoms with Gasteiger partial charge in [0.1, 0.15) is 0 Å². The molecular formula is C10H22ClNO3S. The molecule has 4 nitrogen and oxygen atoms in total. The monoisotopic (exact) mass is 271 g/mol. The van der Waals surface area contributed by atoms with E-state index in [9.17, 15) is 13.5 Å². The molecule has 0 amide bonds. The van der Waals surface area contributed by atoms with E-state index in [0.717, 1.165) is 0 Å². The van der Waals surface area contributed by atoms with Crippen LogP contribution in [0.4, 0.5) is 0 Å². The Bertz CT molecular complexity index is 268. The number of halogens is 1. The molecule has 0 aromatic carbocycles. The Kier molecular flexibility index (Phi) is 7.55. The quantitative estimate of drug-likeness (QED) is 0.493. The number of unbranched alkanes of at least 4 members (excludes halogenated alkanes) is 1. The summed E-state index contributed by atoms with van der Waals surface area (Å²) >= 11 is 5.49. The van der Waals surface area contributed by atoms with Gasteiger partial charge in [-0.05, 0) is 25.7 Å². The van der Waals surface area contributed by atoms with Crippen molar-refractivity contribution in [3.63, 3.8) is 0 Å². The summed E-state index contributed by atoms with van der Waals surface area (Å²) in [6, 6.07) is 0. The number of nitrogens with one attached hydrogen (secondary N) is 1. The van der Waals surface area contributed by atoms with Crippen LogP contribution in [-0.2, 0) is 10.0 Å². The molecule has 6 heteroatoms. The first-order chi connectivity index (χ1) is 7.45. The number of rotatable bonds is 9. The fourth-order valence-corrected chi connectivity index (χ4v) is 3.31. The van der Waals surface area contributed by atoms with Crippen LogP contribution in [0.15, 0.2) is 0 Å². The van der Waals surface area contributed by atoms with Crippen LogP contribution in [0.1, 0.15) is 39.5 Å². The van der Waals surface area contributed by atoms with E-state index in [-0.39, 0.29) is 12.4 Å². The number of alkyl halides is 1. The smallest absolute Gasteiger partial charge is 0.212 e. The number of hydrogen-bond acceptors (Lipinski definition) is 3. The molecule has 0 aromatic heterocycles. The van der Waals surface area contributed by atoms with Crippen molar-refractivity contribution in [2.45, 2.75) is 45.1 Å². The average molecular weight is 272 g/mol. The van der Waals surface area contributed by atoms with Crippen LogP contribution in [0.25, 0.3) is 0 Å². The molecule has 98 valence electrons. The van der Waals surface area contributed by atoms with Crippen LogP contribution in [0.5, 0.6) is 0 Å². The Balaban J connectivity index is 4.42. The molecule has 0 aliphatic carbocycles. The molecule has 0 rings (SSSR count). The third-order valence-corrected chi connectivity index (χ3v) is 4.66. The molecule has 0 aliphatic rings. The molecule has 0 aliphatic heterocycles. The van der Waals surface area contributed by atoms with Crippen LogP contribution in [0, 0.1) is 0 Å². The fraction of sp³-hybridized carbons (Fsp3) is 1.00. The van der Waals surface area contributed by atoms with Gasteiger partial charge in [0.15, 0.2) is 0 Å². The Morgan fingerprint density at radius 2 is 1.81 bits per heavy atom. The van der Waals surface area contributed by atoms with Gasteiger partial charge in [0, 0.05) is 5.88 Å². The summed E-state index contributed by atoms with van der Waals surface area (Å²) in [5, 5.41) is 9.26. The number of hydrogen-bond donors (Lipinski definition) is 2. The summed E-state index contributed by atoms with van der Waals surface area (Å²) < 4.78 is 26.1. The highest BCUT2D eigenvalue weighted by Gasteiger charge is 2.30. The Morgan fingerprint density at radius 3 is 2.19 bits per heavy atom. The fourth-order valence-electron chi connectivity index (χ4n) is 1.42. The van der Waals surface area contributed by atoms with E-state index in [4.69, 9.17) is 11.6 Å². The van der Waals surface area contributed by atoms with Crippen LogP contribution in [0.3, 0.4) is 0 Å². The molecule has 0 saturated carbocycles. The minimum Gasteiger partial charge on any atom is -0.394 e. The highest BCUT2D eigenvalue weighted by molar-refractivity contribution is 7.89. The van der Waals surface area contributed by atoms with Crippen molar-refractivity contribution < 1.29 is 13.5 Å². The van der Waals surface area contributed by atoms with Gasteiger partial charge in [0.05, 0.1) is 17.9 Å². The summed E-state index contributed by atoms with van der Waals surface area (Å²) in [4.78, 5) is 0. The molecule has 0 unspecified atom stereocenters. The zero-order valence-corrected chi connectivity index (χ0v) is 11.6. The lowest BCUT2D eigenvalue weighted by molar-refractivity contribution is 0.172. The molecular weight excluding hydrogens is 250 g/mol. The Hall–Kier alpha value is 0.160. The predicted molar refractivity (Wildman–Crippen MR) is 67.3 cm³/mol. The number of sulfonamides is 1. The van der Waals surface area contributed by atoms with Gasteiger partial charge in [-0.25, -0.2) is 13.1 Å². The lowest BCUT2D eigenvalue weighted by atomic mass is 9.96. The minimum absolute atomic E-state index is 0.0709. The van der Waals surface area contributed by atoms with Gasteiger partial charge in [-0.2, -0.15) is 0 Å². The van der Waals surface area contributed by atoms with E-state index in [1.165, 1.54) is 0 Å². The highest BCUT2D eigenvalue weighted by atomic mass is 35.5. The molecule has 0 bridgehead atoms. The minimum atomic E-state index is -3.32. The van der Waals surface area contributed by atoms with Gasteiger partial charge in [0.2, 0.25) is 10.0 Å². The lowest BCUT2D eigenvalue weighted by Gasteiger charge is -2.30. The van der Waals surface area contributed by atoms with Crippen molar-refractivity contribution >= 4 is 21.6 Å². The molecule has 16 heavy (non-hydrogen) atoms. The highest BCUT2D eigenvalue weighted by Crippen LogP contribution is 2.16. The molecule has 0 aromatic rings. The largest absolute Gasteiger partial charge is 0.394 e. The third-order valence-electron chi connectivity index (χ3n) is 2.82. The van der Waals surface area contributed by atoms with Crippen LogP contribution >= 0.6 is 11.6 Å². The third kappa shape index (κ3) is 5.48. The first kappa shape index (κ1) is 16.2. The summed E-state index contributed by atoms with van der Waals surface area (Å²) in [5.41, 5.74) is -0.709. The SMILES string of the molecule is CCC(CC)(CO)NS(=O)(=O)CCCCCl. The molecule has 0 heterocycles. The van der Waals surface area contributed by atoms with Crippen molar-refractivity contribution in [2.24, 2.45) is 0 Å². The van der Waals surface area contributed by atoms with E-state index in [1.807, 2.05) is 13.8 Å². The maximum absolute atomic E-state index is 11.7. The zero-order chi connectivity index (χ0) is 12.7. The molecule has 0 fully saturated rings. The molecule has 2 N–H and O–H groups in total. The van der Waals surface area contributed by atoms with Gasteiger partial charge in [-0.3, -0.25) is 0 Å². The van der Waals surface area contributed by atoms with E-state index in [2.05, 4.69) is 4.72 Å². The second-order valence-corrected chi connectivity index (χ2v) is 6.18. The van der Waals surface area contributed by atoms with E-state index in [1.54, 1.807) is 0 Å². The van der Waals surface area contributed by atoms with Crippen molar-refractivity contribution in [3.05, 3.63) is 0 Å². The summed E-state index contributed by atoms with van der Waals surface area (Å²) in [5.74, 6) is 0.545. The van der Waals surface area contributed by atoms with E-state index in [0.29, 0.717) is 31.6 Å². The van der Waals surface area contributed by atoms with Gasteiger partial charge in [-0.1, -0.05) is 13.8 Å². The van der Waals surface area contributed by atoms with Gasteiger partial charge >= 0.3 is 0 Å². The summed E-state index contributed by atoms with van der Waals surface area (Å²) in [6.45, 7) is 3.55. The van der Waals surface area contributed by atoms with Gasteiger partial charge < -0.3 is 5.11 Å². The van der Waals surface area contributed by atoms with Crippen LogP contribution in [-0.4, -0.2) is 37.3 Å². The zero-order valence-electron chi connectivity index (χ0n) is 10.00. The number of aliphatic hydroxyl groups excluding tert-OH is 1. The second-order valence-electron chi connectivity index (χ2n) is 3.96.